The van der Waals surface area contributed by atoms with Crippen LogP contribution in [0.3, 0.4) is 0 Å². The Balaban J connectivity index is 2.92. The summed E-state index contributed by atoms with van der Waals surface area (Å²) < 4.78 is 5.46. The number of rotatable bonds is 2. The van der Waals surface area contributed by atoms with E-state index in [1.165, 1.54) is 5.56 Å². The van der Waals surface area contributed by atoms with Crippen molar-refractivity contribution in [1.29, 1.82) is 0 Å². The molecule has 1 heteroatoms. The quantitative estimate of drug-likeness (QED) is 0.610. The van der Waals surface area contributed by atoms with E-state index in [9.17, 15) is 0 Å². The van der Waals surface area contributed by atoms with E-state index in [2.05, 4.69) is 19.9 Å². The first kappa shape index (κ1) is 7.39. The van der Waals surface area contributed by atoms with Crippen LogP contribution in [-0.4, -0.2) is 0 Å². The molecule has 1 radical (unpaired) electrons. The summed E-state index contributed by atoms with van der Waals surface area (Å²) in [5.41, 5.74) is 1.17. The normalized spacial score (nSPS) is 10.3. The molecule has 1 aromatic heterocycles. The Bertz CT molecular complexity index is 211. The maximum atomic E-state index is 5.46. The molecule has 1 heterocycles. The molecule has 55 valence electrons. The van der Waals surface area contributed by atoms with Crippen LogP contribution in [0.5, 0.6) is 0 Å². The van der Waals surface area contributed by atoms with E-state index in [1.54, 1.807) is 0 Å². The Kier molecular flexibility index (Phi) is 2.15. The Morgan fingerprint density at radius 2 is 2.00 bits per heavy atom. The molecule has 0 spiro atoms. The van der Waals surface area contributed by atoms with Gasteiger partial charge in [-0.15, -0.1) is 0 Å². The van der Waals surface area contributed by atoms with Crippen LogP contribution >= 0.6 is 0 Å². The second-order valence-electron chi connectivity index (χ2n) is 2.41. The molecule has 0 aliphatic heterocycles. The highest BCUT2D eigenvalue weighted by molar-refractivity contribution is 5.17. The molecule has 0 N–H and O–H groups in total. The van der Waals surface area contributed by atoms with Crippen molar-refractivity contribution in [2.45, 2.75) is 33.6 Å². The van der Waals surface area contributed by atoms with E-state index in [0.29, 0.717) is 0 Å². The van der Waals surface area contributed by atoms with Crippen molar-refractivity contribution in [3.8, 4) is 0 Å². The first-order valence-corrected chi connectivity index (χ1v) is 3.78. The number of aryl methyl sites for hydroxylation is 3. The Morgan fingerprint density at radius 3 is 2.30 bits per heavy atom. The van der Waals surface area contributed by atoms with Gasteiger partial charge in [0.05, 0.1) is 0 Å². The van der Waals surface area contributed by atoms with Gasteiger partial charge in [-0.25, -0.2) is 0 Å². The third kappa shape index (κ3) is 1.23. The lowest BCUT2D eigenvalue weighted by atomic mass is 10.2. The van der Waals surface area contributed by atoms with Crippen LogP contribution < -0.4 is 0 Å². The Labute approximate surface area is 62.1 Å². The van der Waals surface area contributed by atoms with E-state index in [4.69, 9.17) is 4.42 Å². The second-order valence-corrected chi connectivity index (χ2v) is 2.41. The highest BCUT2D eigenvalue weighted by Gasteiger charge is 2.03. The molecule has 0 saturated carbocycles. The lowest BCUT2D eigenvalue weighted by molar-refractivity contribution is 0.472. The van der Waals surface area contributed by atoms with Gasteiger partial charge < -0.3 is 4.42 Å². The third-order valence-electron chi connectivity index (χ3n) is 1.63. The average molecular weight is 137 g/mol. The molecular weight excluding hydrogens is 124 g/mol. The minimum atomic E-state index is 0.945. The van der Waals surface area contributed by atoms with Crippen molar-refractivity contribution in [2.24, 2.45) is 0 Å². The molecule has 0 aliphatic carbocycles. The van der Waals surface area contributed by atoms with Crippen molar-refractivity contribution in [1.82, 2.24) is 0 Å². The van der Waals surface area contributed by atoms with Gasteiger partial charge >= 0.3 is 0 Å². The molecule has 0 saturated heterocycles. The third-order valence-corrected chi connectivity index (χ3v) is 1.63. The van der Waals surface area contributed by atoms with E-state index < -0.39 is 0 Å². The van der Waals surface area contributed by atoms with Crippen LogP contribution in [-0.2, 0) is 12.8 Å². The molecule has 0 amide bonds. The molecule has 0 atom stereocenters. The Hall–Kier alpha value is -0.720. The maximum absolute atomic E-state index is 5.46. The molecule has 0 aliphatic rings. The highest BCUT2D eigenvalue weighted by atomic mass is 16.3. The predicted molar refractivity (Wildman–Crippen MR) is 41.0 cm³/mol. The zero-order valence-electron chi connectivity index (χ0n) is 6.82. The second kappa shape index (κ2) is 2.91. The van der Waals surface area contributed by atoms with E-state index in [1.807, 2.05) is 6.92 Å². The summed E-state index contributed by atoms with van der Waals surface area (Å²) in [5, 5.41) is 0. The minimum absolute atomic E-state index is 0.945. The summed E-state index contributed by atoms with van der Waals surface area (Å²) >= 11 is 0. The fourth-order valence-corrected chi connectivity index (χ4v) is 1.03. The van der Waals surface area contributed by atoms with Gasteiger partial charge in [0.1, 0.15) is 11.5 Å². The molecular formula is C9H13O. The molecule has 1 nitrogen and oxygen atoms in total. The van der Waals surface area contributed by atoms with Gasteiger partial charge in [0, 0.05) is 18.9 Å². The fourth-order valence-electron chi connectivity index (χ4n) is 1.03. The van der Waals surface area contributed by atoms with E-state index in [-0.39, 0.29) is 0 Å². The lowest BCUT2D eigenvalue weighted by Gasteiger charge is -1.88. The van der Waals surface area contributed by atoms with Gasteiger partial charge in [0.25, 0.3) is 0 Å². The summed E-state index contributed by atoms with van der Waals surface area (Å²) in [4.78, 5) is 0. The Morgan fingerprint density at radius 1 is 1.30 bits per heavy atom. The van der Waals surface area contributed by atoms with Crippen LogP contribution in [0.2, 0.25) is 0 Å². The molecule has 1 aromatic rings. The predicted octanol–water partition coefficient (Wildman–Crippen LogP) is 2.51. The van der Waals surface area contributed by atoms with Crippen LogP contribution in [0.4, 0.5) is 0 Å². The molecule has 0 unspecified atom stereocenters. The summed E-state index contributed by atoms with van der Waals surface area (Å²) in [7, 11) is 0. The molecule has 0 fully saturated rings. The van der Waals surface area contributed by atoms with Gasteiger partial charge in [-0.1, -0.05) is 13.8 Å². The fraction of sp³-hybridized carbons (Fsp3) is 0.556. The molecule has 0 aromatic carbocycles. The first-order valence-electron chi connectivity index (χ1n) is 3.78. The van der Waals surface area contributed by atoms with Crippen molar-refractivity contribution in [3.05, 3.63) is 23.2 Å². The van der Waals surface area contributed by atoms with E-state index in [0.717, 1.165) is 24.4 Å². The highest BCUT2D eigenvalue weighted by Crippen LogP contribution is 2.13. The minimum Gasteiger partial charge on any atom is -0.465 e. The number of hydrogen-bond donors (Lipinski definition) is 0. The van der Waals surface area contributed by atoms with Crippen LogP contribution in [0.25, 0.3) is 0 Å². The van der Waals surface area contributed by atoms with Crippen LogP contribution in [0.15, 0.2) is 4.42 Å². The lowest BCUT2D eigenvalue weighted by Crippen LogP contribution is -1.75. The zero-order valence-corrected chi connectivity index (χ0v) is 6.82. The van der Waals surface area contributed by atoms with Crippen LogP contribution in [0, 0.1) is 13.0 Å². The van der Waals surface area contributed by atoms with Crippen molar-refractivity contribution in [2.75, 3.05) is 0 Å². The van der Waals surface area contributed by atoms with Gasteiger partial charge in [-0.05, 0) is 12.5 Å². The maximum Gasteiger partial charge on any atom is 0.112 e. The topological polar surface area (TPSA) is 13.1 Å². The average Bonchev–Trinajstić information content (AvgIpc) is 2.30. The number of hydrogen-bond acceptors (Lipinski definition) is 1. The van der Waals surface area contributed by atoms with Crippen LogP contribution in [0.1, 0.15) is 30.9 Å². The van der Waals surface area contributed by atoms with Gasteiger partial charge in [-0.2, -0.15) is 0 Å². The summed E-state index contributed by atoms with van der Waals surface area (Å²) in [5.74, 6) is 2.06. The smallest absolute Gasteiger partial charge is 0.112 e. The monoisotopic (exact) mass is 137 g/mol. The molecule has 10 heavy (non-hydrogen) atoms. The SMILES string of the molecule is CCc1[c]c(C)c(CC)o1. The van der Waals surface area contributed by atoms with Gasteiger partial charge in [-0.3, -0.25) is 0 Å². The van der Waals surface area contributed by atoms with Crippen molar-refractivity contribution >= 4 is 0 Å². The largest absolute Gasteiger partial charge is 0.465 e. The molecule has 1 rings (SSSR count). The summed E-state index contributed by atoms with van der Waals surface area (Å²) in [6.45, 7) is 6.22. The van der Waals surface area contributed by atoms with Gasteiger partial charge in [0.15, 0.2) is 0 Å². The zero-order chi connectivity index (χ0) is 7.56. The summed E-state index contributed by atoms with van der Waals surface area (Å²) in [6.07, 6.45) is 1.92. The number of furan rings is 1. The first-order chi connectivity index (χ1) is 4.77. The molecule has 0 bridgehead atoms. The van der Waals surface area contributed by atoms with Crippen molar-refractivity contribution < 1.29 is 4.42 Å². The standard InChI is InChI=1S/C9H13O/c1-4-8-6-7(3)9(5-2)10-8/h4-5H2,1-3H3. The van der Waals surface area contributed by atoms with Crippen molar-refractivity contribution in [3.63, 3.8) is 0 Å². The van der Waals surface area contributed by atoms with E-state index >= 15 is 0 Å². The van der Waals surface area contributed by atoms with Gasteiger partial charge in [0.2, 0.25) is 0 Å². The summed E-state index contributed by atoms with van der Waals surface area (Å²) in [6, 6.07) is 3.18.